The lowest BCUT2D eigenvalue weighted by Crippen LogP contribution is -2.57. The van der Waals surface area contributed by atoms with Crippen LogP contribution in [0, 0.1) is 17.8 Å². The minimum Gasteiger partial charge on any atom is -0.487 e. The van der Waals surface area contributed by atoms with Gasteiger partial charge in [-0.25, -0.2) is 5.90 Å². The molecule has 32 nitrogen and oxygen atoms in total. The Labute approximate surface area is 566 Å². The number of carboxylic acids is 2. The summed E-state index contributed by atoms with van der Waals surface area (Å²) in [7, 11) is 0. The van der Waals surface area contributed by atoms with Crippen molar-refractivity contribution >= 4 is 64.6 Å². The Morgan fingerprint density at radius 2 is 1.12 bits per heavy atom. The fourth-order valence-electron chi connectivity index (χ4n) is 10.5. The minimum atomic E-state index is -1.84. The summed E-state index contributed by atoms with van der Waals surface area (Å²) in [6.45, 7) is 3.13. The molecule has 1 saturated carbocycles. The topological polar surface area (TPSA) is 492 Å². The van der Waals surface area contributed by atoms with E-state index in [4.69, 9.17) is 48.5 Å². The van der Waals surface area contributed by atoms with E-state index in [1.807, 2.05) is 0 Å². The summed E-state index contributed by atoms with van der Waals surface area (Å²) < 4.78 is 49.2. The van der Waals surface area contributed by atoms with E-state index in [0.29, 0.717) is 30.4 Å². The standard InChI is InChI=1S/C66H95N3O29/c1-4-42(30-44(72)35-91-26-24-89-21-7-11-50(74)46-28-40(33-93-38(2)70)14-17-54(46)97-56-32-48(65(87)88)58(80)61(83)60(56)82)63(85)68-20-6-5-10-49(52(76)13-9-23-96-67)69-64(86)43(16-19-57(78)79)31-45(73)36-92-27-25-90-22-8-12-51(75)47-29-41(34-94-39(3)71)15-18-55(47)98-66-62(84)59(81)53(77)37-95-66/h14-15,17-18,28-29,42-43,48-49,53,56,58-62,66,77,80-84H,4-13,16,19-27,30-37,67H2,1-3H3,(H,68,85)(H,69,86)(H,78,79)(H,87,88)/t42-,43-,48-,49+,53+,56+,58+,59-,60-,61-,62+,66-/m0/s1. The van der Waals surface area contributed by atoms with Crippen molar-refractivity contribution in [3.63, 3.8) is 0 Å². The maximum atomic E-state index is 13.7. The highest BCUT2D eigenvalue weighted by Crippen LogP contribution is 2.33. The number of benzene rings is 2. The fourth-order valence-corrected chi connectivity index (χ4v) is 10.5. The first-order chi connectivity index (χ1) is 46.7. The van der Waals surface area contributed by atoms with Gasteiger partial charge >= 0.3 is 23.9 Å². The maximum Gasteiger partial charge on any atom is 0.309 e. The number of aliphatic carboxylic acids is 2. The second-order valence-corrected chi connectivity index (χ2v) is 23.8. The summed E-state index contributed by atoms with van der Waals surface area (Å²) >= 11 is 0. The number of carboxylic acid groups (broad SMARTS) is 2. The zero-order valence-electron chi connectivity index (χ0n) is 55.4. The molecule has 2 aromatic carbocycles. The van der Waals surface area contributed by atoms with Crippen LogP contribution >= 0.6 is 0 Å². The molecule has 2 aliphatic rings. The predicted molar refractivity (Wildman–Crippen MR) is 337 cm³/mol. The van der Waals surface area contributed by atoms with Crippen LogP contribution < -0.4 is 26.0 Å². The molecule has 32 heteroatoms. The summed E-state index contributed by atoms with van der Waals surface area (Å²) in [6.07, 6.45) is -12.5. The first kappa shape index (κ1) is 83.1. The number of aliphatic hydroxyl groups excluding tert-OH is 6. The van der Waals surface area contributed by atoms with E-state index in [0.717, 1.165) is 0 Å². The Bertz CT molecular complexity index is 2930. The molecule has 1 saturated heterocycles. The number of Topliss-reactive ketones (excluding diaryl/α,β-unsaturated/α-hetero) is 5. The first-order valence-corrected chi connectivity index (χ1v) is 32.6. The first-order valence-electron chi connectivity index (χ1n) is 32.6. The predicted octanol–water partition coefficient (Wildman–Crippen LogP) is 0.694. The molecular weight excluding hydrogens is 1300 g/mol. The van der Waals surface area contributed by atoms with Gasteiger partial charge in [0.05, 0.1) is 68.8 Å². The zero-order chi connectivity index (χ0) is 72.3. The van der Waals surface area contributed by atoms with Gasteiger partial charge in [-0.1, -0.05) is 19.1 Å². The van der Waals surface area contributed by atoms with Gasteiger partial charge in [0.2, 0.25) is 18.1 Å². The van der Waals surface area contributed by atoms with Crippen molar-refractivity contribution < 1.29 is 141 Å². The summed E-state index contributed by atoms with van der Waals surface area (Å²) in [5, 5.41) is 85.9. The van der Waals surface area contributed by atoms with Crippen LogP contribution in [0.5, 0.6) is 11.5 Å². The third-order valence-electron chi connectivity index (χ3n) is 16.0. The third kappa shape index (κ3) is 29.6. The highest BCUT2D eigenvalue weighted by atomic mass is 16.7. The van der Waals surface area contributed by atoms with Crippen molar-refractivity contribution in [2.45, 2.75) is 185 Å². The lowest BCUT2D eigenvalue weighted by atomic mass is 9.80. The second kappa shape index (κ2) is 44.7. The van der Waals surface area contributed by atoms with Gasteiger partial charge in [-0.2, -0.15) is 0 Å². The molecule has 1 aliphatic carbocycles. The Hall–Kier alpha value is -7.31. The number of nitrogens with one attached hydrogen (secondary N) is 2. The summed E-state index contributed by atoms with van der Waals surface area (Å²) in [5.41, 5.74) is 0.987. The smallest absolute Gasteiger partial charge is 0.309 e. The molecule has 12 N–H and O–H groups in total. The highest BCUT2D eigenvalue weighted by molar-refractivity contribution is 5.99. The van der Waals surface area contributed by atoms with Gasteiger partial charge in [-0.3, -0.25) is 52.7 Å². The molecule has 2 amide bonds. The Morgan fingerprint density at radius 1 is 0.582 bits per heavy atom. The van der Waals surface area contributed by atoms with Crippen LogP contribution in [0.3, 0.4) is 0 Å². The number of amides is 2. The van der Waals surface area contributed by atoms with Gasteiger partial charge in [0.1, 0.15) is 74.6 Å². The van der Waals surface area contributed by atoms with E-state index in [1.54, 1.807) is 6.92 Å². The molecule has 548 valence electrons. The second-order valence-electron chi connectivity index (χ2n) is 23.8. The highest BCUT2D eigenvalue weighted by Gasteiger charge is 2.47. The summed E-state index contributed by atoms with van der Waals surface area (Å²) in [5.74, 6) is -5.12. The van der Waals surface area contributed by atoms with E-state index < -0.39 is 139 Å². The Morgan fingerprint density at radius 3 is 1.65 bits per heavy atom. The number of ether oxygens (including phenoxy) is 9. The molecule has 1 aliphatic heterocycles. The number of unbranched alkanes of at least 4 members (excludes halogenated alkanes) is 1. The lowest BCUT2D eigenvalue weighted by molar-refractivity contribution is -0.242. The van der Waals surface area contributed by atoms with Crippen LogP contribution in [0.2, 0.25) is 0 Å². The average Bonchev–Trinajstić information content (AvgIpc) is 0.805. The molecule has 0 radical (unpaired) electrons. The van der Waals surface area contributed by atoms with Crippen LogP contribution in [-0.4, -0.2) is 233 Å². The zero-order valence-corrected chi connectivity index (χ0v) is 55.4. The van der Waals surface area contributed by atoms with Gasteiger partial charge in [0.15, 0.2) is 28.9 Å². The van der Waals surface area contributed by atoms with Crippen LogP contribution in [-0.2, 0) is 94.4 Å². The van der Waals surface area contributed by atoms with Gasteiger partial charge in [-0.15, -0.1) is 0 Å². The van der Waals surface area contributed by atoms with Crippen molar-refractivity contribution in [3.8, 4) is 11.5 Å². The number of carbonyl (C=O) groups excluding carboxylic acids is 9. The molecule has 2 fully saturated rings. The molecule has 0 unspecified atom stereocenters. The number of nitrogens with two attached hydrogens (primary N) is 1. The molecule has 0 aromatic heterocycles. The number of carbonyl (C=O) groups is 11. The molecule has 0 bridgehead atoms. The monoisotopic (exact) mass is 1390 g/mol. The number of esters is 2. The molecular formula is C66H95N3O29. The molecule has 4 rings (SSSR count). The quantitative estimate of drug-likeness (QED) is 0.0188. The normalized spacial score (nSPS) is 20.8. The fraction of sp³-hybridized carbons (Fsp3) is 0.652. The van der Waals surface area contributed by atoms with E-state index in [1.165, 1.54) is 50.2 Å². The van der Waals surface area contributed by atoms with Gasteiger partial charge in [0.25, 0.3) is 0 Å². The van der Waals surface area contributed by atoms with E-state index in [9.17, 15) is 93.6 Å². The number of ketones is 5. The SMILES string of the molecule is CC[C@@H](CC(=O)COCCOCCCC(=O)c1cc(COC(C)=O)ccc1O[C@@H]1C[C@H](C(=O)O)[C@@H](O)[C@H](O)[C@H]1O)C(=O)NCCCC[C@@H](NC(=O)[C@@H](CCC(=O)O)CC(=O)COCCOCCCC(=O)c1cc(COC(C)=O)ccc1O[C@@H]1OC[C@@H](O)[C@H](O)[C@H]1O)C(=O)CCCON. The van der Waals surface area contributed by atoms with Crippen molar-refractivity contribution in [2.75, 3.05) is 72.6 Å². The number of hydrogen-bond donors (Lipinski definition) is 11. The molecule has 98 heavy (non-hydrogen) atoms. The average molecular weight is 1390 g/mol. The maximum absolute atomic E-state index is 13.7. The Kier molecular flexibility index (Phi) is 37.9. The lowest BCUT2D eigenvalue weighted by Gasteiger charge is -2.38. The van der Waals surface area contributed by atoms with E-state index in [2.05, 4.69) is 15.5 Å². The van der Waals surface area contributed by atoms with Crippen molar-refractivity contribution in [2.24, 2.45) is 23.7 Å². The number of hydrogen-bond acceptors (Lipinski definition) is 28. The van der Waals surface area contributed by atoms with Gasteiger partial charge in [-0.05, 0) is 86.8 Å². The van der Waals surface area contributed by atoms with Gasteiger partial charge < -0.3 is 99.0 Å². The number of rotatable bonds is 50. The summed E-state index contributed by atoms with van der Waals surface area (Å²) in [4.78, 5) is 144. The summed E-state index contributed by atoms with van der Waals surface area (Å²) in [6, 6.07) is 7.68. The van der Waals surface area contributed by atoms with Gasteiger partial charge in [0, 0.05) is 90.4 Å². The van der Waals surface area contributed by atoms with Crippen LogP contribution in [0.15, 0.2) is 36.4 Å². The van der Waals surface area contributed by atoms with E-state index in [-0.39, 0.29) is 184 Å². The largest absolute Gasteiger partial charge is 0.487 e. The van der Waals surface area contributed by atoms with Crippen molar-refractivity contribution in [3.05, 3.63) is 58.7 Å². The number of aliphatic hydroxyl groups is 6. The van der Waals surface area contributed by atoms with Crippen LogP contribution in [0.1, 0.15) is 149 Å². The van der Waals surface area contributed by atoms with Crippen LogP contribution in [0.4, 0.5) is 0 Å². The minimum absolute atomic E-state index is 0.000894. The third-order valence-corrected chi connectivity index (χ3v) is 16.0. The van der Waals surface area contributed by atoms with Crippen molar-refractivity contribution in [1.29, 1.82) is 0 Å². The molecule has 2 aromatic rings. The van der Waals surface area contributed by atoms with Crippen molar-refractivity contribution in [1.82, 2.24) is 10.6 Å². The Balaban J connectivity index is 1.16. The van der Waals surface area contributed by atoms with E-state index >= 15 is 0 Å². The van der Waals surface area contributed by atoms with Crippen LogP contribution in [0.25, 0.3) is 0 Å². The molecule has 1 heterocycles. The molecule has 12 atom stereocenters. The molecule has 0 spiro atoms.